The minimum absolute atomic E-state index is 0.00940. The average Bonchev–Trinajstić information content (AvgIpc) is 2.20. The summed E-state index contributed by atoms with van der Waals surface area (Å²) in [6.45, 7) is 0. The molecule has 0 unspecified atom stereocenters. The van der Waals surface area contributed by atoms with Crippen LogP contribution in [0, 0.1) is 0 Å². The zero-order valence-corrected chi connectivity index (χ0v) is 7.77. The van der Waals surface area contributed by atoms with E-state index in [1.165, 1.54) is 14.2 Å². The average molecular weight is 198 g/mol. The Morgan fingerprint density at radius 2 is 1.79 bits per heavy atom. The predicted octanol–water partition coefficient (Wildman–Crippen LogP) is -0.356. The van der Waals surface area contributed by atoms with Gasteiger partial charge in [-0.2, -0.15) is 9.97 Å². The molecule has 1 rings (SSSR count). The number of carbonyl (C=O) groups excluding carboxylic acids is 1. The number of anilines is 2. The minimum Gasteiger partial charge on any atom is -0.479 e. The fourth-order valence-electron chi connectivity index (χ4n) is 0.914. The van der Waals surface area contributed by atoms with Crippen LogP contribution in [0.1, 0.15) is 0 Å². The Labute approximate surface area is 80.2 Å². The van der Waals surface area contributed by atoms with E-state index in [9.17, 15) is 4.79 Å². The number of carbonyl (C=O) groups is 1. The summed E-state index contributed by atoms with van der Waals surface area (Å²) in [5.41, 5.74) is 5.63. The molecule has 7 nitrogen and oxygen atoms in total. The van der Waals surface area contributed by atoms with Crippen molar-refractivity contribution in [1.29, 1.82) is 0 Å². The topological polar surface area (TPSA) is 99.4 Å². The summed E-state index contributed by atoms with van der Waals surface area (Å²) < 4.78 is 9.78. The van der Waals surface area contributed by atoms with Gasteiger partial charge in [0, 0.05) is 0 Å². The van der Waals surface area contributed by atoms with Crippen LogP contribution in [0.25, 0.3) is 0 Å². The van der Waals surface area contributed by atoms with Crippen molar-refractivity contribution in [2.24, 2.45) is 0 Å². The van der Waals surface area contributed by atoms with Crippen LogP contribution in [0.2, 0.25) is 0 Å². The number of nitrogen functional groups attached to an aromatic ring is 1. The Balaban J connectivity index is 3.24. The molecule has 7 heteroatoms. The first-order valence-corrected chi connectivity index (χ1v) is 3.68. The van der Waals surface area contributed by atoms with Crippen molar-refractivity contribution >= 4 is 18.0 Å². The zero-order valence-electron chi connectivity index (χ0n) is 7.77. The van der Waals surface area contributed by atoms with Crippen molar-refractivity contribution in [3.05, 3.63) is 0 Å². The quantitative estimate of drug-likeness (QED) is 0.641. The number of nitrogens with zero attached hydrogens (tertiary/aromatic N) is 2. The summed E-state index contributed by atoms with van der Waals surface area (Å²) in [6.07, 6.45) is 0.472. The van der Waals surface area contributed by atoms with E-state index in [4.69, 9.17) is 15.2 Å². The lowest BCUT2D eigenvalue weighted by molar-refractivity contribution is -0.105. The van der Waals surface area contributed by atoms with E-state index >= 15 is 0 Å². The summed E-state index contributed by atoms with van der Waals surface area (Å²) in [6, 6.07) is 0. The van der Waals surface area contributed by atoms with Gasteiger partial charge in [-0.3, -0.25) is 4.79 Å². The highest BCUT2D eigenvalue weighted by molar-refractivity contribution is 5.78. The van der Waals surface area contributed by atoms with Gasteiger partial charge >= 0.3 is 0 Å². The highest BCUT2D eigenvalue weighted by Crippen LogP contribution is 2.30. The van der Waals surface area contributed by atoms with E-state index < -0.39 is 0 Å². The van der Waals surface area contributed by atoms with Gasteiger partial charge in [0.05, 0.1) is 14.2 Å². The maximum atomic E-state index is 10.3. The van der Waals surface area contributed by atoms with E-state index in [0.29, 0.717) is 6.41 Å². The molecule has 0 aliphatic rings. The lowest BCUT2D eigenvalue weighted by Crippen LogP contribution is -2.06. The number of methoxy groups -OCH3 is 2. The van der Waals surface area contributed by atoms with Crippen LogP contribution in [-0.2, 0) is 4.79 Å². The highest BCUT2D eigenvalue weighted by atomic mass is 16.5. The standard InChI is InChI=1S/C7H10N4O3/c1-13-5-4(9-3-12)6(14-2)11-7(8)10-5/h3H,1-2H3,(H,9,12)(H2,8,10,11). The van der Waals surface area contributed by atoms with Gasteiger partial charge in [0.2, 0.25) is 24.1 Å². The molecule has 76 valence electrons. The molecule has 1 heterocycles. The molecule has 0 aromatic carbocycles. The molecule has 1 aromatic heterocycles. The first-order valence-electron chi connectivity index (χ1n) is 3.68. The third-order valence-corrected chi connectivity index (χ3v) is 1.45. The molecule has 1 aromatic rings. The third-order valence-electron chi connectivity index (χ3n) is 1.45. The van der Waals surface area contributed by atoms with Crippen molar-refractivity contribution in [2.75, 3.05) is 25.3 Å². The Bertz CT molecular complexity index is 317. The van der Waals surface area contributed by atoms with Crippen LogP contribution in [0.15, 0.2) is 0 Å². The molecule has 0 atom stereocenters. The number of hydrogen-bond acceptors (Lipinski definition) is 6. The maximum absolute atomic E-state index is 10.3. The number of amides is 1. The lowest BCUT2D eigenvalue weighted by atomic mass is 10.4. The Hall–Kier alpha value is -2.05. The smallest absolute Gasteiger partial charge is 0.246 e. The van der Waals surface area contributed by atoms with E-state index in [1.54, 1.807) is 0 Å². The highest BCUT2D eigenvalue weighted by Gasteiger charge is 2.13. The zero-order chi connectivity index (χ0) is 10.6. The fourth-order valence-corrected chi connectivity index (χ4v) is 0.914. The summed E-state index contributed by atoms with van der Waals surface area (Å²) in [4.78, 5) is 17.8. The van der Waals surface area contributed by atoms with Gasteiger partial charge in [0.15, 0.2) is 5.69 Å². The SMILES string of the molecule is COc1nc(N)nc(OC)c1NC=O. The molecule has 1 amide bonds. The van der Waals surface area contributed by atoms with Crippen molar-refractivity contribution in [3.8, 4) is 11.8 Å². The van der Waals surface area contributed by atoms with Crippen LogP contribution in [0.4, 0.5) is 11.6 Å². The maximum Gasteiger partial charge on any atom is 0.246 e. The number of rotatable bonds is 4. The van der Waals surface area contributed by atoms with Gasteiger partial charge in [-0.05, 0) is 0 Å². The van der Waals surface area contributed by atoms with Gasteiger partial charge in [-0.1, -0.05) is 0 Å². The molecule has 0 saturated heterocycles. The molecule has 0 spiro atoms. The van der Waals surface area contributed by atoms with Gasteiger partial charge in [0.25, 0.3) is 0 Å². The molecule has 0 fully saturated rings. The monoisotopic (exact) mass is 198 g/mol. The second-order valence-corrected chi connectivity index (χ2v) is 2.24. The number of nitrogens with two attached hydrogens (primary N) is 1. The fraction of sp³-hybridized carbons (Fsp3) is 0.286. The molecular weight excluding hydrogens is 188 g/mol. The Kier molecular flexibility index (Phi) is 3.05. The number of aromatic nitrogens is 2. The largest absolute Gasteiger partial charge is 0.479 e. The first kappa shape index (κ1) is 10.0. The van der Waals surface area contributed by atoms with Gasteiger partial charge < -0.3 is 20.5 Å². The summed E-state index contributed by atoms with van der Waals surface area (Å²) in [7, 11) is 2.80. The number of ether oxygens (including phenoxy) is 2. The van der Waals surface area contributed by atoms with Crippen molar-refractivity contribution in [2.45, 2.75) is 0 Å². The van der Waals surface area contributed by atoms with Crippen molar-refractivity contribution in [3.63, 3.8) is 0 Å². The minimum atomic E-state index is 0.00940. The van der Waals surface area contributed by atoms with Gasteiger partial charge in [-0.15, -0.1) is 0 Å². The molecule has 0 radical (unpaired) electrons. The Morgan fingerprint density at radius 3 is 2.14 bits per heavy atom. The second kappa shape index (κ2) is 4.26. The van der Waals surface area contributed by atoms with Gasteiger partial charge in [-0.25, -0.2) is 0 Å². The second-order valence-electron chi connectivity index (χ2n) is 2.24. The molecule has 0 aliphatic heterocycles. The van der Waals surface area contributed by atoms with Gasteiger partial charge in [0.1, 0.15) is 0 Å². The summed E-state index contributed by atoms with van der Waals surface area (Å²) >= 11 is 0. The number of hydrogen-bond donors (Lipinski definition) is 2. The van der Waals surface area contributed by atoms with E-state index in [2.05, 4.69) is 15.3 Å². The molecule has 0 bridgehead atoms. The molecule has 0 saturated carbocycles. The van der Waals surface area contributed by atoms with Crippen LogP contribution in [0.5, 0.6) is 11.8 Å². The van der Waals surface area contributed by atoms with Crippen LogP contribution in [0.3, 0.4) is 0 Å². The van der Waals surface area contributed by atoms with Crippen LogP contribution in [-0.4, -0.2) is 30.6 Å². The Morgan fingerprint density at radius 1 is 1.29 bits per heavy atom. The molecule has 0 aliphatic carbocycles. The van der Waals surface area contributed by atoms with Crippen LogP contribution < -0.4 is 20.5 Å². The van der Waals surface area contributed by atoms with E-state index in [1.807, 2.05) is 0 Å². The van der Waals surface area contributed by atoms with Crippen LogP contribution >= 0.6 is 0 Å². The predicted molar refractivity (Wildman–Crippen MR) is 49.2 cm³/mol. The molecule has 14 heavy (non-hydrogen) atoms. The van der Waals surface area contributed by atoms with E-state index in [-0.39, 0.29) is 23.4 Å². The first-order chi connectivity index (χ1) is 6.72. The molecule has 3 N–H and O–H groups in total. The lowest BCUT2D eigenvalue weighted by Gasteiger charge is -2.09. The third kappa shape index (κ3) is 1.82. The molecular formula is C7H10N4O3. The number of nitrogens with one attached hydrogen (secondary N) is 1. The summed E-state index contributed by atoms with van der Waals surface area (Å²) in [5, 5.41) is 2.36. The van der Waals surface area contributed by atoms with E-state index in [0.717, 1.165) is 0 Å². The summed E-state index contributed by atoms with van der Waals surface area (Å²) in [5.74, 6) is 0.318. The van der Waals surface area contributed by atoms with Crippen molar-refractivity contribution in [1.82, 2.24) is 9.97 Å². The van der Waals surface area contributed by atoms with Crippen molar-refractivity contribution < 1.29 is 14.3 Å². The normalized spacial score (nSPS) is 9.29.